The number of rotatable bonds is 5. The Hall–Kier alpha value is -2.33. The van der Waals surface area contributed by atoms with Gasteiger partial charge in [0.05, 0.1) is 5.92 Å². The fourth-order valence-electron chi connectivity index (χ4n) is 5.83. The highest BCUT2D eigenvalue weighted by atomic mass is 16.2. The van der Waals surface area contributed by atoms with Gasteiger partial charge in [-0.3, -0.25) is 4.79 Å². The summed E-state index contributed by atoms with van der Waals surface area (Å²) in [4.78, 5) is 18.3. The van der Waals surface area contributed by atoms with E-state index in [-0.39, 0.29) is 5.92 Å². The van der Waals surface area contributed by atoms with Crippen LogP contribution in [0.1, 0.15) is 61.5 Å². The van der Waals surface area contributed by atoms with E-state index < -0.39 is 0 Å². The lowest BCUT2D eigenvalue weighted by Gasteiger charge is -2.36. The van der Waals surface area contributed by atoms with E-state index in [0.29, 0.717) is 17.9 Å². The molecule has 1 N–H and O–H groups in total. The molecule has 4 nitrogen and oxygen atoms in total. The van der Waals surface area contributed by atoms with Crippen LogP contribution in [-0.4, -0.2) is 54.5 Å². The zero-order valence-corrected chi connectivity index (χ0v) is 18.5. The lowest BCUT2D eigenvalue weighted by Crippen LogP contribution is -2.45. The van der Waals surface area contributed by atoms with Gasteiger partial charge in [-0.05, 0) is 56.0 Å². The Bertz CT molecular complexity index is 875. The van der Waals surface area contributed by atoms with Crippen LogP contribution in [0, 0.1) is 0 Å². The minimum absolute atomic E-state index is 0.0224. The Balaban J connectivity index is 1.24. The normalized spacial score (nSPS) is 24.6. The van der Waals surface area contributed by atoms with E-state index in [0.717, 1.165) is 52.0 Å². The maximum absolute atomic E-state index is 13.6. The topological polar surface area (TPSA) is 35.6 Å². The third-order valence-corrected chi connectivity index (χ3v) is 7.55. The number of hydrogen-bond donors (Lipinski definition) is 1. The minimum Gasteiger partial charge on any atom is -0.380 e. The minimum atomic E-state index is -0.0224. The van der Waals surface area contributed by atoms with Crippen molar-refractivity contribution in [1.29, 1.82) is 0 Å². The molecule has 1 amide bonds. The van der Waals surface area contributed by atoms with Crippen LogP contribution in [0.15, 0.2) is 54.6 Å². The number of nitrogens with one attached hydrogen (secondary N) is 1. The van der Waals surface area contributed by atoms with E-state index in [4.69, 9.17) is 0 Å². The molecular weight excluding hydrogens is 382 g/mol. The molecule has 0 bridgehead atoms. The zero-order valence-electron chi connectivity index (χ0n) is 18.5. The Morgan fingerprint density at radius 1 is 0.935 bits per heavy atom. The molecule has 3 aliphatic rings. The van der Waals surface area contributed by atoms with Crippen molar-refractivity contribution in [3.05, 3.63) is 65.7 Å². The van der Waals surface area contributed by atoms with Crippen LogP contribution in [0.25, 0.3) is 0 Å². The first-order valence-electron chi connectivity index (χ1n) is 12.2. The number of nitrogens with zero attached hydrogens (tertiary/aromatic N) is 2. The van der Waals surface area contributed by atoms with Gasteiger partial charge in [0.2, 0.25) is 5.91 Å². The summed E-state index contributed by atoms with van der Waals surface area (Å²) >= 11 is 0. The largest absolute Gasteiger partial charge is 0.380 e. The average Bonchev–Trinajstić information content (AvgIpc) is 2.97. The van der Waals surface area contributed by atoms with Gasteiger partial charge in [-0.1, -0.05) is 61.4 Å². The summed E-state index contributed by atoms with van der Waals surface area (Å²) in [6, 6.07) is 19.8. The molecule has 3 atom stereocenters. The molecule has 1 unspecified atom stereocenters. The lowest BCUT2D eigenvalue weighted by atomic mass is 9.88. The van der Waals surface area contributed by atoms with Gasteiger partial charge in [-0.2, -0.15) is 0 Å². The first-order chi connectivity index (χ1) is 15.3. The molecule has 0 spiro atoms. The fourth-order valence-corrected chi connectivity index (χ4v) is 5.83. The van der Waals surface area contributed by atoms with Gasteiger partial charge in [0, 0.05) is 37.3 Å². The summed E-state index contributed by atoms with van der Waals surface area (Å²) in [7, 11) is 0. The van der Waals surface area contributed by atoms with Crippen LogP contribution in [0.4, 0.5) is 5.69 Å². The number of hydrogen-bond acceptors (Lipinski definition) is 3. The van der Waals surface area contributed by atoms with Crippen molar-refractivity contribution in [2.75, 3.05) is 38.0 Å². The van der Waals surface area contributed by atoms with Gasteiger partial charge in [0.15, 0.2) is 0 Å². The number of benzene rings is 2. The molecule has 164 valence electrons. The van der Waals surface area contributed by atoms with Crippen molar-refractivity contribution in [3.8, 4) is 0 Å². The van der Waals surface area contributed by atoms with Crippen molar-refractivity contribution in [1.82, 2.24) is 9.80 Å². The second-order valence-electron chi connectivity index (χ2n) is 9.53. The molecule has 3 aliphatic heterocycles. The third-order valence-electron chi connectivity index (χ3n) is 7.55. The smallest absolute Gasteiger partial charge is 0.230 e. The zero-order chi connectivity index (χ0) is 21.0. The van der Waals surface area contributed by atoms with Gasteiger partial charge in [0.1, 0.15) is 0 Å². The van der Waals surface area contributed by atoms with Gasteiger partial charge in [-0.25, -0.2) is 0 Å². The number of anilines is 1. The van der Waals surface area contributed by atoms with Crippen LogP contribution in [-0.2, 0) is 4.79 Å². The van der Waals surface area contributed by atoms with Crippen molar-refractivity contribution >= 4 is 11.6 Å². The summed E-state index contributed by atoms with van der Waals surface area (Å²) in [6.07, 6.45) is 6.91. The Morgan fingerprint density at radius 3 is 2.48 bits per heavy atom. The summed E-state index contributed by atoms with van der Waals surface area (Å²) in [6.45, 7) is 5.03. The lowest BCUT2D eigenvalue weighted by molar-refractivity contribution is -0.133. The summed E-state index contributed by atoms with van der Waals surface area (Å²) in [5.41, 5.74) is 3.99. The van der Waals surface area contributed by atoms with E-state index in [9.17, 15) is 4.79 Å². The number of carbonyl (C=O) groups excluding carboxylic acids is 1. The second kappa shape index (κ2) is 9.44. The van der Waals surface area contributed by atoms with Gasteiger partial charge in [0.25, 0.3) is 0 Å². The maximum Gasteiger partial charge on any atom is 0.230 e. The Kier molecular flexibility index (Phi) is 6.26. The highest BCUT2D eigenvalue weighted by Crippen LogP contribution is 2.40. The quantitative estimate of drug-likeness (QED) is 0.756. The molecule has 5 rings (SSSR count). The standard InChI is InChI=1S/C27H35N3O/c31-27(30-16-8-1-2-9-17-30)22(21-10-4-3-5-11-21)14-18-29-19-15-24-23-12-6-7-13-25(23)28-26(24)20-29/h3-7,10-13,22,24,26,28H,1-2,8-9,14-20H2/t22?,24-,26-/m1/s1. The van der Waals surface area contributed by atoms with Crippen molar-refractivity contribution in [3.63, 3.8) is 0 Å². The number of carbonyl (C=O) groups is 1. The highest BCUT2D eigenvalue weighted by Gasteiger charge is 2.36. The molecule has 3 heterocycles. The van der Waals surface area contributed by atoms with Crippen molar-refractivity contribution < 1.29 is 4.79 Å². The molecule has 0 radical (unpaired) electrons. The van der Waals surface area contributed by atoms with Gasteiger partial charge >= 0.3 is 0 Å². The Labute approximate surface area is 186 Å². The first-order valence-corrected chi connectivity index (χ1v) is 12.2. The molecule has 0 aliphatic carbocycles. The molecular formula is C27H35N3O. The number of amides is 1. The Morgan fingerprint density at radius 2 is 1.68 bits per heavy atom. The predicted octanol–water partition coefficient (Wildman–Crippen LogP) is 4.85. The van der Waals surface area contributed by atoms with Gasteiger partial charge < -0.3 is 15.1 Å². The monoisotopic (exact) mass is 417 g/mol. The van der Waals surface area contributed by atoms with E-state index in [1.165, 1.54) is 36.1 Å². The molecule has 31 heavy (non-hydrogen) atoms. The van der Waals surface area contributed by atoms with Crippen LogP contribution < -0.4 is 5.32 Å². The van der Waals surface area contributed by atoms with Crippen LogP contribution in [0.2, 0.25) is 0 Å². The fraction of sp³-hybridized carbons (Fsp3) is 0.519. The van der Waals surface area contributed by atoms with Crippen LogP contribution in [0.3, 0.4) is 0 Å². The summed E-state index contributed by atoms with van der Waals surface area (Å²) in [5, 5.41) is 3.75. The van der Waals surface area contributed by atoms with Gasteiger partial charge in [-0.15, -0.1) is 0 Å². The molecule has 4 heteroatoms. The second-order valence-corrected chi connectivity index (χ2v) is 9.53. The first kappa shape index (κ1) is 20.6. The summed E-state index contributed by atoms with van der Waals surface area (Å²) < 4.78 is 0. The molecule has 0 aromatic heterocycles. The average molecular weight is 418 g/mol. The van der Waals surface area contributed by atoms with Crippen LogP contribution in [0.5, 0.6) is 0 Å². The predicted molar refractivity (Wildman–Crippen MR) is 126 cm³/mol. The number of fused-ring (bicyclic) bond motifs is 3. The van der Waals surface area contributed by atoms with E-state index in [1.807, 2.05) is 6.07 Å². The summed E-state index contributed by atoms with van der Waals surface area (Å²) in [5.74, 6) is 0.955. The van der Waals surface area contributed by atoms with E-state index in [2.05, 4.69) is 63.6 Å². The SMILES string of the molecule is O=C(C(CCN1CC[C@@H]2c3ccccc3N[C@@H]2C1)c1ccccc1)N1CCCCCC1. The number of piperidine rings is 1. The molecule has 2 aromatic carbocycles. The van der Waals surface area contributed by atoms with Crippen molar-refractivity contribution in [2.45, 2.75) is 56.4 Å². The van der Waals surface area contributed by atoms with E-state index >= 15 is 0 Å². The third kappa shape index (κ3) is 4.50. The number of likely N-dealkylation sites (tertiary alicyclic amines) is 2. The maximum atomic E-state index is 13.6. The molecule has 2 aromatic rings. The van der Waals surface area contributed by atoms with Crippen LogP contribution >= 0.6 is 0 Å². The highest BCUT2D eigenvalue weighted by molar-refractivity contribution is 5.83. The number of para-hydroxylation sites is 1. The molecule has 0 saturated carbocycles. The van der Waals surface area contributed by atoms with Crippen molar-refractivity contribution in [2.24, 2.45) is 0 Å². The molecule has 2 fully saturated rings. The van der Waals surface area contributed by atoms with E-state index in [1.54, 1.807) is 0 Å². The molecule has 2 saturated heterocycles.